The monoisotopic (exact) mass is 269 g/mol. The van der Waals surface area contributed by atoms with Crippen LogP contribution in [0.5, 0.6) is 0 Å². The van der Waals surface area contributed by atoms with Crippen LogP contribution in [-0.4, -0.2) is 34.8 Å². The molecule has 3 heterocycles. The lowest BCUT2D eigenvalue weighted by Gasteiger charge is -2.31. The van der Waals surface area contributed by atoms with E-state index in [2.05, 4.69) is 20.1 Å². The summed E-state index contributed by atoms with van der Waals surface area (Å²) >= 11 is 0. The van der Waals surface area contributed by atoms with E-state index in [0.29, 0.717) is 5.92 Å². The quantitative estimate of drug-likeness (QED) is 0.918. The van der Waals surface area contributed by atoms with Crippen molar-refractivity contribution in [2.75, 3.05) is 24.5 Å². The molecule has 104 valence electrons. The average molecular weight is 269 g/mol. The van der Waals surface area contributed by atoms with Crippen molar-refractivity contribution in [1.82, 2.24) is 15.2 Å². The van der Waals surface area contributed by atoms with Crippen LogP contribution in [0.4, 0.5) is 5.82 Å². The number of hydrogen-bond acceptors (Lipinski definition) is 5. The lowest BCUT2D eigenvalue weighted by atomic mass is 9.97. The third-order valence-electron chi connectivity index (χ3n) is 3.85. The Balaban J connectivity index is 1.71. The number of rotatable bonds is 3. The molecular weight excluding hydrogens is 250 g/mol. The fourth-order valence-corrected chi connectivity index (χ4v) is 2.54. The van der Waals surface area contributed by atoms with Crippen molar-refractivity contribution >= 4 is 5.82 Å². The van der Waals surface area contributed by atoms with Crippen LogP contribution in [0, 0.1) is 5.92 Å². The lowest BCUT2D eigenvalue weighted by molar-refractivity contribution is 0.412. The molecule has 0 spiro atoms. The van der Waals surface area contributed by atoms with Crippen molar-refractivity contribution in [1.29, 1.82) is 0 Å². The van der Waals surface area contributed by atoms with Crippen LogP contribution >= 0.6 is 0 Å². The highest BCUT2D eigenvalue weighted by Crippen LogP contribution is 2.22. The van der Waals surface area contributed by atoms with Gasteiger partial charge in [0.1, 0.15) is 5.69 Å². The van der Waals surface area contributed by atoms with Crippen molar-refractivity contribution < 1.29 is 0 Å². The summed E-state index contributed by atoms with van der Waals surface area (Å²) in [5.41, 5.74) is 7.38. The topological polar surface area (TPSA) is 67.9 Å². The minimum atomic E-state index is 0.659. The summed E-state index contributed by atoms with van der Waals surface area (Å²) in [6.07, 6.45) is 4.04. The molecule has 1 saturated heterocycles. The largest absolute Gasteiger partial charge is 0.355 e. The van der Waals surface area contributed by atoms with Crippen LogP contribution in [0.25, 0.3) is 11.4 Å². The number of anilines is 1. The van der Waals surface area contributed by atoms with Gasteiger partial charge in [-0.1, -0.05) is 6.07 Å². The van der Waals surface area contributed by atoms with Gasteiger partial charge < -0.3 is 10.6 Å². The third kappa shape index (κ3) is 2.77. The highest BCUT2D eigenvalue weighted by molar-refractivity contribution is 5.54. The number of hydrogen-bond donors (Lipinski definition) is 1. The van der Waals surface area contributed by atoms with Crippen molar-refractivity contribution in [2.24, 2.45) is 11.7 Å². The molecule has 2 N–H and O–H groups in total. The summed E-state index contributed by atoms with van der Waals surface area (Å²) in [7, 11) is 0. The third-order valence-corrected chi connectivity index (χ3v) is 3.85. The van der Waals surface area contributed by atoms with E-state index in [9.17, 15) is 0 Å². The van der Waals surface area contributed by atoms with Crippen LogP contribution in [0.2, 0.25) is 0 Å². The number of aromatic nitrogens is 3. The van der Waals surface area contributed by atoms with E-state index in [-0.39, 0.29) is 0 Å². The molecule has 5 nitrogen and oxygen atoms in total. The van der Waals surface area contributed by atoms with E-state index in [1.807, 2.05) is 30.3 Å². The fourth-order valence-electron chi connectivity index (χ4n) is 2.54. The Kier molecular flexibility index (Phi) is 3.87. The molecule has 5 heteroatoms. The molecule has 3 rings (SSSR count). The van der Waals surface area contributed by atoms with Gasteiger partial charge in [-0.3, -0.25) is 4.98 Å². The maximum atomic E-state index is 5.72. The maximum Gasteiger partial charge on any atom is 0.151 e. The molecule has 20 heavy (non-hydrogen) atoms. The highest BCUT2D eigenvalue weighted by Gasteiger charge is 2.19. The van der Waals surface area contributed by atoms with Gasteiger partial charge in [-0.05, 0) is 49.6 Å². The molecule has 0 radical (unpaired) electrons. The van der Waals surface area contributed by atoms with Gasteiger partial charge in [-0.15, -0.1) is 10.2 Å². The highest BCUT2D eigenvalue weighted by atomic mass is 15.3. The fraction of sp³-hybridized carbons (Fsp3) is 0.400. The first kappa shape index (κ1) is 13.0. The molecular formula is C15H19N5. The van der Waals surface area contributed by atoms with Gasteiger partial charge in [0.05, 0.1) is 5.69 Å². The Labute approximate surface area is 118 Å². The number of piperidine rings is 1. The number of nitrogens with two attached hydrogens (primary N) is 1. The summed E-state index contributed by atoms with van der Waals surface area (Å²) in [6, 6.07) is 9.80. The predicted molar refractivity (Wildman–Crippen MR) is 79.3 cm³/mol. The van der Waals surface area contributed by atoms with Gasteiger partial charge in [0.2, 0.25) is 0 Å². The van der Waals surface area contributed by atoms with Crippen LogP contribution in [0.3, 0.4) is 0 Å². The lowest BCUT2D eigenvalue weighted by Crippen LogP contribution is -2.36. The van der Waals surface area contributed by atoms with Crippen LogP contribution in [0.15, 0.2) is 36.5 Å². The minimum absolute atomic E-state index is 0.659. The molecule has 0 bridgehead atoms. The normalized spacial score (nSPS) is 16.4. The Morgan fingerprint density at radius 1 is 1.05 bits per heavy atom. The predicted octanol–water partition coefficient (Wildman–Crippen LogP) is 1.71. The minimum Gasteiger partial charge on any atom is -0.355 e. The standard InChI is InChI=1S/C15H19N5/c16-11-12-6-9-20(10-7-12)15-5-4-14(18-19-15)13-3-1-2-8-17-13/h1-5,8,12H,6-7,9-11,16H2. The molecule has 1 aliphatic heterocycles. The Morgan fingerprint density at radius 3 is 2.50 bits per heavy atom. The van der Waals surface area contributed by atoms with Crippen molar-refractivity contribution in [3.05, 3.63) is 36.5 Å². The van der Waals surface area contributed by atoms with E-state index in [1.165, 1.54) is 0 Å². The van der Waals surface area contributed by atoms with E-state index in [1.54, 1.807) is 6.20 Å². The zero-order valence-corrected chi connectivity index (χ0v) is 11.4. The summed E-state index contributed by atoms with van der Waals surface area (Å²) in [6.45, 7) is 2.82. The van der Waals surface area contributed by atoms with Crippen molar-refractivity contribution in [2.45, 2.75) is 12.8 Å². The molecule has 0 atom stereocenters. The first-order chi connectivity index (χ1) is 9.86. The Hall–Kier alpha value is -2.01. The zero-order valence-electron chi connectivity index (χ0n) is 11.4. The molecule has 0 aromatic carbocycles. The second-order valence-electron chi connectivity index (χ2n) is 5.16. The molecule has 2 aromatic heterocycles. The molecule has 1 fully saturated rings. The summed E-state index contributed by atoms with van der Waals surface area (Å²) in [4.78, 5) is 6.56. The summed E-state index contributed by atoms with van der Waals surface area (Å²) < 4.78 is 0. The Bertz CT molecular complexity index is 532. The van der Waals surface area contributed by atoms with Crippen molar-refractivity contribution in [3.63, 3.8) is 0 Å². The number of pyridine rings is 1. The smallest absolute Gasteiger partial charge is 0.151 e. The van der Waals surface area contributed by atoms with Crippen molar-refractivity contribution in [3.8, 4) is 11.4 Å². The molecule has 1 aliphatic rings. The number of nitrogens with zero attached hydrogens (tertiary/aromatic N) is 4. The van der Waals surface area contributed by atoms with Gasteiger partial charge >= 0.3 is 0 Å². The van der Waals surface area contributed by atoms with E-state index >= 15 is 0 Å². The Morgan fingerprint density at radius 2 is 1.90 bits per heavy atom. The van der Waals surface area contributed by atoms with Gasteiger partial charge in [-0.2, -0.15) is 0 Å². The molecule has 0 saturated carbocycles. The summed E-state index contributed by atoms with van der Waals surface area (Å²) in [5.74, 6) is 1.60. The maximum absolute atomic E-state index is 5.72. The second kappa shape index (κ2) is 5.96. The van der Waals surface area contributed by atoms with Gasteiger partial charge in [-0.25, -0.2) is 0 Å². The van der Waals surface area contributed by atoms with Crippen LogP contribution in [0.1, 0.15) is 12.8 Å². The van der Waals surface area contributed by atoms with Crippen LogP contribution < -0.4 is 10.6 Å². The summed E-state index contributed by atoms with van der Waals surface area (Å²) in [5, 5.41) is 8.62. The first-order valence-electron chi connectivity index (χ1n) is 7.07. The van der Waals surface area contributed by atoms with Gasteiger partial charge in [0, 0.05) is 19.3 Å². The SMILES string of the molecule is NCC1CCN(c2ccc(-c3ccccn3)nn2)CC1. The molecule has 0 unspecified atom stereocenters. The first-order valence-corrected chi connectivity index (χ1v) is 7.07. The van der Waals surface area contributed by atoms with E-state index < -0.39 is 0 Å². The van der Waals surface area contributed by atoms with E-state index in [4.69, 9.17) is 5.73 Å². The van der Waals surface area contributed by atoms with Gasteiger partial charge in [0.15, 0.2) is 5.82 Å². The molecule has 0 aliphatic carbocycles. The molecule has 0 amide bonds. The zero-order chi connectivity index (χ0) is 13.8. The van der Waals surface area contributed by atoms with E-state index in [0.717, 1.165) is 49.7 Å². The van der Waals surface area contributed by atoms with Crippen LogP contribution in [-0.2, 0) is 0 Å². The van der Waals surface area contributed by atoms with Gasteiger partial charge in [0.25, 0.3) is 0 Å². The second-order valence-corrected chi connectivity index (χ2v) is 5.16. The average Bonchev–Trinajstić information content (AvgIpc) is 2.56. The molecule has 2 aromatic rings.